The molecule has 50 heavy (non-hydrogen) atoms. The van der Waals surface area contributed by atoms with Crippen molar-refractivity contribution in [3.63, 3.8) is 0 Å². The molecule has 5 nitrogen and oxygen atoms in total. The third-order valence-corrected chi connectivity index (χ3v) is 11.1. The first-order valence-corrected chi connectivity index (χ1v) is 17.7. The van der Waals surface area contributed by atoms with Crippen LogP contribution in [0.3, 0.4) is 0 Å². The molecule has 0 fully saturated rings. The van der Waals surface area contributed by atoms with Crippen molar-refractivity contribution < 1.29 is 4.21 Å². The molecule has 3 heterocycles. The van der Waals surface area contributed by atoms with Gasteiger partial charge in [0, 0.05) is 33.8 Å². The molecule has 1 atom stereocenters. The topological polar surface area (TPSA) is 49.3 Å². The van der Waals surface area contributed by atoms with Gasteiger partial charge >= 0.3 is 0 Å². The number of hydrogen-bond acceptors (Lipinski definition) is 5. The Kier molecular flexibility index (Phi) is 6.51. The molecule has 0 spiro atoms. The van der Waals surface area contributed by atoms with Crippen LogP contribution in [0.1, 0.15) is 0 Å². The van der Waals surface area contributed by atoms with Crippen LogP contribution >= 0.6 is 0 Å². The molecule has 2 aliphatic heterocycles. The maximum Gasteiger partial charge on any atom is 0.162 e. The summed E-state index contributed by atoms with van der Waals surface area (Å²) in [7, 11) is -1.46. The molecule has 10 rings (SSSR count). The van der Waals surface area contributed by atoms with E-state index in [-0.39, 0.29) is 0 Å². The van der Waals surface area contributed by atoms with Gasteiger partial charge in [0.25, 0.3) is 0 Å². The minimum atomic E-state index is -1.46. The van der Waals surface area contributed by atoms with E-state index >= 15 is 0 Å². The van der Waals surface area contributed by atoms with Crippen LogP contribution in [-0.4, -0.2) is 14.2 Å². The van der Waals surface area contributed by atoms with E-state index in [1.165, 1.54) is 0 Å². The average Bonchev–Trinajstić information content (AvgIpc) is 3.19. The molecule has 0 saturated carbocycles. The smallest absolute Gasteiger partial charge is 0.162 e. The molecule has 0 radical (unpaired) electrons. The van der Waals surface area contributed by atoms with E-state index in [4.69, 9.17) is 9.97 Å². The van der Waals surface area contributed by atoms with Crippen LogP contribution in [0, 0.1) is 0 Å². The molecule has 1 aromatic heterocycles. The summed E-state index contributed by atoms with van der Waals surface area (Å²) in [6, 6.07) is 57.9. The summed E-state index contributed by atoms with van der Waals surface area (Å²) in [4.78, 5) is 16.4. The first-order chi connectivity index (χ1) is 24.7. The van der Waals surface area contributed by atoms with Gasteiger partial charge in [-0.3, -0.25) is 4.90 Å². The fourth-order valence-electron chi connectivity index (χ4n) is 7.38. The zero-order valence-electron chi connectivity index (χ0n) is 26.8. The fourth-order valence-corrected chi connectivity index (χ4v) is 8.90. The number of rotatable bonds is 4. The number of para-hydroxylation sites is 2. The third kappa shape index (κ3) is 4.35. The van der Waals surface area contributed by atoms with Gasteiger partial charge in [-0.15, -0.1) is 0 Å². The third-order valence-electron chi connectivity index (χ3n) is 9.54. The van der Waals surface area contributed by atoms with Gasteiger partial charge in [-0.25, -0.2) is 14.2 Å². The molecule has 0 amide bonds. The first kappa shape index (κ1) is 28.6. The average molecular weight is 661 g/mol. The Morgan fingerprint density at radius 2 is 1.14 bits per heavy atom. The Morgan fingerprint density at radius 1 is 0.500 bits per heavy atom. The monoisotopic (exact) mass is 660 g/mol. The van der Waals surface area contributed by atoms with Crippen LogP contribution in [-0.2, 0) is 10.8 Å². The highest BCUT2D eigenvalue weighted by Gasteiger charge is 2.37. The Labute approximate surface area is 292 Å². The number of nitrogens with zero attached hydrogens (tertiary/aromatic N) is 4. The second-order valence-electron chi connectivity index (χ2n) is 12.4. The van der Waals surface area contributed by atoms with Crippen LogP contribution < -0.4 is 9.80 Å². The number of benzene rings is 7. The zero-order valence-corrected chi connectivity index (χ0v) is 27.6. The lowest BCUT2D eigenvalue weighted by atomic mass is 9.90. The predicted octanol–water partition coefficient (Wildman–Crippen LogP) is 11.4. The van der Waals surface area contributed by atoms with Gasteiger partial charge in [0.2, 0.25) is 0 Å². The lowest BCUT2D eigenvalue weighted by Crippen LogP contribution is -2.23. The number of aromatic nitrogens is 2. The van der Waals surface area contributed by atoms with Gasteiger partial charge in [-0.1, -0.05) is 121 Å². The Morgan fingerprint density at radius 3 is 1.92 bits per heavy atom. The molecule has 236 valence electrons. The van der Waals surface area contributed by atoms with Gasteiger partial charge in [-0.05, 0) is 53.4 Å². The van der Waals surface area contributed by atoms with Crippen molar-refractivity contribution in [2.45, 2.75) is 9.79 Å². The highest BCUT2D eigenvalue weighted by atomic mass is 32.2. The van der Waals surface area contributed by atoms with Gasteiger partial charge in [0.15, 0.2) is 5.82 Å². The fraction of sp³-hybridized carbons (Fsp3) is 0. The molecule has 0 bridgehead atoms. The van der Waals surface area contributed by atoms with Crippen molar-refractivity contribution in [3.8, 4) is 33.8 Å². The van der Waals surface area contributed by atoms with E-state index in [2.05, 4.69) is 94.7 Å². The molecular formula is C44H28N4OS. The van der Waals surface area contributed by atoms with Gasteiger partial charge < -0.3 is 4.90 Å². The molecule has 7 aromatic carbocycles. The molecule has 8 aromatic rings. The SMILES string of the molecule is O=S1c2ccccc2N(c2ccccc2)c2ccc3c(c21)-c1cccc2cccc(c12)N3c1cc(-c2ccccc2)nc(-c2ccccc2)n1. The summed E-state index contributed by atoms with van der Waals surface area (Å²) >= 11 is 0. The van der Waals surface area contributed by atoms with Crippen molar-refractivity contribution >= 4 is 55.8 Å². The highest BCUT2D eigenvalue weighted by Crippen LogP contribution is 2.57. The van der Waals surface area contributed by atoms with E-state index in [9.17, 15) is 4.21 Å². The molecule has 0 aliphatic carbocycles. The van der Waals surface area contributed by atoms with Crippen LogP contribution in [0.15, 0.2) is 180 Å². The van der Waals surface area contributed by atoms with E-state index in [0.29, 0.717) is 5.82 Å². The van der Waals surface area contributed by atoms with E-state index in [1.54, 1.807) is 0 Å². The standard InChI is InChI=1S/C44H28N4OS/c49-50-39-25-11-10-23-35(39)47(32-20-8-3-9-21-32)38-27-26-37-42(43(38)50)33-22-12-18-30-19-13-24-36(41(30)33)48(37)40-28-34(29-14-4-1-5-15-29)45-44(46-40)31-16-6-2-7-17-31/h1-28H. The van der Waals surface area contributed by atoms with Crippen molar-refractivity contribution in [1.82, 2.24) is 9.97 Å². The zero-order chi connectivity index (χ0) is 33.2. The molecule has 0 N–H and O–H groups in total. The lowest BCUT2D eigenvalue weighted by Gasteiger charge is -2.38. The lowest BCUT2D eigenvalue weighted by molar-refractivity contribution is 0.682. The first-order valence-electron chi connectivity index (χ1n) is 16.6. The van der Waals surface area contributed by atoms with Crippen LogP contribution in [0.25, 0.3) is 44.5 Å². The maximum absolute atomic E-state index is 14.9. The molecule has 6 heteroatoms. The minimum Gasteiger partial charge on any atom is -0.308 e. The van der Waals surface area contributed by atoms with Gasteiger partial charge in [0.05, 0.1) is 49.0 Å². The number of anilines is 6. The van der Waals surface area contributed by atoms with Crippen molar-refractivity contribution in [3.05, 3.63) is 170 Å². The Balaban J connectivity index is 1.30. The largest absolute Gasteiger partial charge is 0.308 e. The second kappa shape index (κ2) is 11.4. The van der Waals surface area contributed by atoms with Crippen molar-refractivity contribution in [2.75, 3.05) is 9.80 Å². The van der Waals surface area contributed by atoms with Gasteiger partial charge in [-0.2, -0.15) is 0 Å². The summed E-state index contributed by atoms with van der Waals surface area (Å²) in [5, 5.41) is 2.20. The molecular weight excluding hydrogens is 633 g/mol. The highest BCUT2D eigenvalue weighted by molar-refractivity contribution is 7.85. The molecule has 1 unspecified atom stereocenters. The van der Waals surface area contributed by atoms with E-state index in [1.807, 2.05) is 84.9 Å². The van der Waals surface area contributed by atoms with E-state index < -0.39 is 10.8 Å². The minimum absolute atomic E-state index is 0.639. The second-order valence-corrected chi connectivity index (χ2v) is 13.8. The summed E-state index contributed by atoms with van der Waals surface area (Å²) in [6.07, 6.45) is 0. The van der Waals surface area contributed by atoms with Gasteiger partial charge in [0.1, 0.15) is 5.82 Å². The Hall–Kier alpha value is -6.37. The predicted molar refractivity (Wildman–Crippen MR) is 203 cm³/mol. The summed E-state index contributed by atoms with van der Waals surface area (Å²) < 4.78 is 14.9. The summed E-state index contributed by atoms with van der Waals surface area (Å²) in [5.74, 6) is 1.38. The number of hydrogen-bond donors (Lipinski definition) is 0. The summed E-state index contributed by atoms with van der Waals surface area (Å²) in [6.45, 7) is 0. The van der Waals surface area contributed by atoms with Crippen LogP contribution in [0.5, 0.6) is 0 Å². The molecule has 2 aliphatic rings. The summed E-state index contributed by atoms with van der Waals surface area (Å²) in [5.41, 5.74) is 9.55. The quantitative estimate of drug-likeness (QED) is 0.188. The van der Waals surface area contributed by atoms with Crippen molar-refractivity contribution in [2.24, 2.45) is 0 Å². The van der Waals surface area contributed by atoms with Crippen molar-refractivity contribution in [1.29, 1.82) is 0 Å². The maximum atomic E-state index is 14.9. The Bertz CT molecular complexity index is 2560. The van der Waals surface area contributed by atoms with Crippen LogP contribution in [0.2, 0.25) is 0 Å². The molecule has 0 saturated heterocycles. The van der Waals surface area contributed by atoms with Crippen LogP contribution in [0.4, 0.5) is 34.3 Å². The normalized spacial score (nSPS) is 14.2. The number of fused-ring (bicyclic) bond motifs is 5. The van der Waals surface area contributed by atoms with E-state index in [0.717, 1.165) is 82.8 Å².